The fraction of sp³-hybridized carbons (Fsp3) is 0.625. The highest BCUT2D eigenvalue weighted by Gasteiger charge is 2.08. The van der Waals surface area contributed by atoms with Gasteiger partial charge in [-0.05, 0) is 30.7 Å². The third-order valence-electron chi connectivity index (χ3n) is 3.76. The summed E-state index contributed by atoms with van der Waals surface area (Å²) in [4.78, 5) is 13.1. The smallest absolute Gasteiger partial charge is 0.188 e. The summed E-state index contributed by atoms with van der Waals surface area (Å²) in [6, 6.07) is 3.98. The predicted octanol–water partition coefficient (Wildman–Crippen LogP) is 0.892. The Balaban J connectivity index is 0.00000288. The minimum atomic E-state index is 0. The number of hydrogen-bond acceptors (Lipinski definition) is 5. The number of nitrogens with one attached hydrogen (secondary N) is 1. The number of aromatic nitrogens is 1. The summed E-state index contributed by atoms with van der Waals surface area (Å²) in [6.07, 6.45) is 2.85. The van der Waals surface area contributed by atoms with E-state index in [0.29, 0.717) is 12.5 Å². The maximum absolute atomic E-state index is 5.92. The molecule has 1 aliphatic heterocycles. The van der Waals surface area contributed by atoms with E-state index in [9.17, 15) is 0 Å². The van der Waals surface area contributed by atoms with Crippen LogP contribution in [0.1, 0.15) is 12.0 Å². The van der Waals surface area contributed by atoms with Gasteiger partial charge in [0.2, 0.25) is 0 Å². The third-order valence-corrected chi connectivity index (χ3v) is 3.76. The summed E-state index contributed by atoms with van der Waals surface area (Å²) >= 11 is 0. The molecule has 0 radical (unpaired) electrons. The highest BCUT2D eigenvalue weighted by molar-refractivity contribution is 14.0. The molecule has 0 bridgehead atoms. The molecule has 1 fully saturated rings. The van der Waals surface area contributed by atoms with E-state index in [1.54, 1.807) is 6.20 Å². The molecule has 1 aliphatic rings. The molecule has 2 heterocycles. The number of rotatable bonds is 7. The zero-order valence-corrected chi connectivity index (χ0v) is 16.9. The number of nitrogens with two attached hydrogens (primary N) is 1. The first-order valence-corrected chi connectivity index (χ1v) is 8.11. The number of guanidine groups is 1. The molecule has 7 nitrogen and oxygen atoms in total. The Labute approximate surface area is 161 Å². The van der Waals surface area contributed by atoms with Crippen molar-refractivity contribution in [3.63, 3.8) is 0 Å². The van der Waals surface area contributed by atoms with Crippen LogP contribution in [-0.2, 0) is 11.3 Å². The average molecular weight is 448 g/mol. The third kappa shape index (κ3) is 7.63. The fourth-order valence-corrected chi connectivity index (χ4v) is 2.38. The van der Waals surface area contributed by atoms with Crippen LogP contribution in [0.25, 0.3) is 0 Å². The Morgan fingerprint density at radius 2 is 2.17 bits per heavy atom. The molecule has 0 atom stereocenters. The van der Waals surface area contributed by atoms with Crippen LogP contribution in [0.15, 0.2) is 23.3 Å². The molecular weight excluding hydrogens is 419 g/mol. The molecule has 1 aromatic heterocycles. The van der Waals surface area contributed by atoms with E-state index in [1.807, 2.05) is 31.1 Å². The molecule has 24 heavy (non-hydrogen) atoms. The molecular formula is C16H29IN6O. The summed E-state index contributed by atoms with van der Waals surface area (Å²) in [5.74, 6) is 1.42. The van der Waals surface area contributed by atoms with Crippen LogP contribution in [0.3, 0.4) is 0 Å². The lowest BCUT2D eigenvalue weighted by Crippen LogP contribution is -2.39. The number of halogens is 1. The number of aliphatic imine (C=N–C) groups is 1. The summed E-state index contributed by atoms with van der Waals surface area (Å²) < 4.78 is 5.34. The Morgan fingerprint density at radius 1 is 1.42 bits per heavy atom. The minimum absolute atomic E-state index is 0. The van der Waals surface area contributed by atoms with Gasteiger partial charge in [-0.15, -0.1) is 24.0 Å². The predicted molar refractivity (Wildman–Crippen MR) is 109 cm³/mol. The molecule has 0 unspecified atom stereocenters. The normalized spacial score (nSPS) is 15.7. The van der Waals surface area contributed by atoms with Crippen LogP contribution >= 0.6 is 24.0 Å². The number of hydrogen-bond donors (Lipinski definition) is 2. The van der Waals surface area contributed by atoms with Crippen molar-refractivity contribution < 1.29 is 4.74 Å². The van der Waals surface area contributed by atoms with Gasteiger partial charge in [-0.1, -0.05) is 0 Å². The van der Waals surface area contributed by atoms with E-state index >= 15 is 0 Å². The summed E-state index contributed by atoms with van der Waals surface area (Å²) in [6.45, 7) is 6.22. The van der Waals surface area contributed by atoms with Gasteiger partial charge in [-0.3, -0.25) is 4.90 Å². The van der Waals surface area contributed by atoms with E-state index < -0.39 is 0 Å². The second-order valence-corrected chi connectivity index (χ2v) is 5.85. The highest BCUT2D eigenvalue weighted by Crippen LogP contribution is 2.10. The van der Waals surface area contributed by atoms with Crippen LogP contribution in [0.2, 0.25) is 0 Å². The first-order chi connectivity index (χ1) is 11.1. The van der Waals surface area contributed by atoms with Gasteiger partial charge in [0.1, 0.15) is 5.82 Å². The van der Waals surface area contributed by atoms with Crippen LogP contribution in [0, 0.1) is 0 Å². The standard InChI is InChI=1S/C16H28N6O.HI/c1-21(2)15-12-14(4-6-18-15)13-20-16(17)19-5-3-7-22-8-10-23-11-9-22;/h4,6,12H,3,5,7-11,13H2,1-2H3,(H3,17,19,20);1H. The second kappa shape index (κ2) is 11.4. The molecule has 2 rings (SSSR count). The van der Waals surface area contributed by atoms with Gasteiger partial charge < -0.3 is 20.7 Å². The number of nitrogens with zero attached hydrogens (tertiary/aromatic N) is 4. The van der Waals surface area contributed by atoms with Gasteiger partial charge in [-0.2, -0.15) is 0 Å². The maximum Gasteiger partial charge on any atom is 0.188 e. The van der Waals surface area contributed by atoms with Gasteiger partial charge in [0.05, 0.1) is 19.8 Å². The lowest BCUT2D eigenvalue weighted by molar-refractivity contribution is 0.0376. The van der Waals surface area contributed by atoms with Gasteiger partial charge in [-0.25, -0.2) is 9.98 Å². The molecule has 0 amide bonds. The Morgan fingerprint density at radius 3 is 2.88 bits per heavy atom. The second-order valence-electron chi connectivity index (χ2n) is 5.85. The lowest BCUT2D eigenvalue weighted by Gasteiger charge is -2.26. The minimum Gasteiger partial charge on any atom is -0.379 e. The Kier molecular flexibility index (Phi) is 9.96. The van der Waals surface area contributed by atoms with Crippen LogP contribution < -0.4 is 16.0 Å². The van der Waals surface area contributed by atoms with Crippen LogP contribution in [0.4, 0.5) is 5.82 Å². The Bertz CT molecular complexity index is 505. The zero-order chi connectivity index (χ0) is 16.5. The largest absolute Gasteiger partial charge is 0.379 e. The molecule has 8 heteroatoms. The van der Waals surface area contributed by atoms with Crippen molar-refractivity contribution in [2.45, 2.75) is 13.0 Å². The van der Waals surface area contributed by atoms with E-state index in [0.717, 1.165) is 57.2 Å². The lowest BCUT2D eigenvalue weighted by atomic mass is 10.2. The molecule has 1 aromatic rings. The van der Waals surface area contributed by atoms with Gasteiger partial charge in [0, 0.05) is 39.9 Å². The summed E-state index contributed by atoms with van der Waals surface area (Å²) in [5, 5.41) is 3.17. The molecule has 0 spiro atoms. The van der Waals surface area contributed by atoms with E-state index in [-0.39, 0.29) is 24.0 Å². The fourth-order valence-electron chi connectivity index (χ4n) is 2.38. The summed E-state index contributed by atoms with van der Waals surface area (Å²) in [7, 11) is 3.94. The first kappa shape index (κ1) is 20.9. The van der Waals surface area contributed by atoms with Crippen LogP contribution in [-0.4, -0.2) is 69.3 Å². The van der Waals surface area contributed by atoms with Crippen molar-refractivity contribution >= 4 is 35.8 Å². The Hall–Kier alpha value is -1.13. The number of pyridine rings is 1. The molecule has 3 N–H and O–H groups in total. The summed E-state index contributed by atoms with van der Waals surface area (Å²) in [5.41, 5.74) is 7.02. The van der Waals surface area contributed by atoms with Gasteiger partial charge in [0.15, 0.2) is 5.96 Å². The van der Waals surface area contributed by atoms with Crippen molar-refractivity contribution in [1.29, 1.82) is 0 Å². The molecule has 0 aromatic carbocycles. The monoisotopic (exact) mass is 448 g/mol. The average Bonchev–Trinajstić information content (AvgIpc) is 2.58. The topological polar surface area (TPSA) is 79.0 Å². The number of anilines is 1. The van der Waals surface area contributed by atoms with E-state index in [1.165, 1.54) is 0 Å². The van der Waals surface area contributed by atoms with E-state index in [2.05, 4.69) is 20.2 Å². The number of morpholine rings is 1. The van der Waals surface area contributed by atoms with Crippen molar-refractivity contribution in [2.24, 2.45) is 10.7 Å². The van der Waals surface area contributed by atoms with Crippen molar-refractivity contribution in [2.75, 3.05) is 58.4 Å². The van der Waals surface area contributed by atoms with Gasteiger partial charge in [0.25, 0.3) is 0 Å². The molecule has 0 saturated carbocycles. The van der Waals surface area contributed by atoms with Gasteiger partial charge >= 0.3 is 0 Å². The maximum atomic E-state index is 5.92. The van der Waals surface area contributed by atoms with Crippen molar-refractivity contribution in [1.82, 2.24) is 15.2 Å². The highest BCUT2D eigenvalue weighted by atomic mass is 127. The number of ether oxygens (including phenoxy) is 1. The zero-order valence-electron chi connectivity index (χ0n) is 14.6. The molecule has 136 valence electrons. The van der Waals surface area contributed by atoms with Crippen molar-refractivity contribution in [3.05, 3.63) is 23.9 Å². The first-order valence-electron chi connectivity index (χ1n) is 8.11. The quantitative estimate of drug-likeness (QED) is 0.279. The van der Waals surface area contributed by atoms with Crippen molar-refractivity contribution in [3.8, 4) is 0 Å². The van der Waals surface area contributed by atoms with E-state index in [4.69, 9.17) is 10.5 Å². The SMILES string of the molecule is CN(C)c1cc(CN=C(N)NCCCN2CCOCC2)ccn1.I. The molecule has 1 saturated heterocycles. The van der Waals surface area contributed by atoms with Crippen LogP contribution in [0.5, 0.6) is 0 Å². The molecule has 0 aliphatic carbocycles.